The van der Waals surface area contributed by atoms with Crippen LogP contribution in [0.4, 0.5) is 4.79 Å². The third kappa shape index (κ3) is 5.77. The highest BCUT2D eigenvalue weighted by Gasteiger charge is 2.28. The van der Waals surface area contributed by atoms with E-state index in [9.17, 15) is 9.59 Å². The van der Waals surface area contributed by atoms with E-state index >= 15 is 0 Å². The van der Waals surface area contributed by atoms with Gasteiger partial charge in [0.25, 0.3) is 0 Å². The maximum absolute atomic E-state index is 12.6. The van der Waals surface area contributed by atoms with Crippen LogP contribution in [0.2, 0.25) is 0 Å². The predicted octanol–water partition coefficient (Wildman–Crippen LogP) is 2.04. The lowest BCUT2D eigenvalue weighted by molar-refractivity contribution is -0.138. The molecule has 0 aliphatic heterocycles. The molecular formula is C14H28N2O4. The van der Waals surface area contributed by atoms with Crippen molar-refractivity contribution in [3.05, 3.63) is 0 Å². The highest BCUT2D eigenvalue weighted by molar-refractivity contribution is 5.80. The Hall–Kier alpha value is -1.30. The Morgan fingerprint density at radius 1 is 1.15 bits per heavy atom. The van der Waals surface area contributed by atoms with Crippen molar-refractivity contribution in [3.63, 3.8) is 0 Å². The van der Waals surface area contributed by atoms with Gasteiger partial charge in [-0.1, -0.05) is 13.8 Å². The molecule has 0 spiro atoms. The van der Waals surface area contributed by atoms with Gasteiger partial charge in [-0.15, -0.1) is 0 Å². The molecule has 6 heteroatoms. The summed E-state index contributed by atoms with van der Waals surface area (Å²) in [7, 11) is 1.59. The normalized spacial score (nSPS) is 10.9. The number of nitrogens with zero attached hydrogens (tertiary/aromatic N) is 2. The Balaban J connectivity index is 5.08. The van der Waals surface area contributed by atoms with Crippen molar-refractivity contribution in [3.8, 4) is 0 Å². The van der Waals surface area contributed by atoms with E-state index in [4.69, 9.17) is 9.84 Å². The Labute approximate surface area is 121 Å². The van der Waals surface area contributed by atoms with E-state index in [1.165, 1.54) is 4.90 Å². The first-order chi connectivity index (χ1) is 9.38. The molecule has 0 aromatic carbocycles. The average molecular weight is 288 g/mol. The van der Waals surface area contributed by atoms with Crippen LogP contribution in [0.25, 0.3) is 0 Å². The van der Waals surface area contributed by atoms with Crippen LogP contribution in [-0.4, -0.2) is 65.8 Å². The number of amides is 2. The Morgan fingerprint density at radius 2 is 1.70 bits per heavy atom. The number of rotatable bonds is 9. The van der Waals surface area contributed by atoms with Crippen molar-refractivity contribution in [2.24, 2.45) is 0 Å². The number of carbonyl (C=O) groups excluding carboxylic acids is 1. The van der Waals surface area contributed by atoms with Crippen molar-refractivity contribution in [2.75, 3.05) is 26.8 Å². The summed E-state index contributed by atoms with van der Waals surface area (Å²) < 4.78 is 5.05. The Morgan fingerprint density at radius 3 is 2.05 bits per heavy atom. The van der Waals surface area contributed by atoms with Gasteiger partial charge in [-0.2, -0.15) is 0 Å². The van der Waals surface area contributed by atoms with Gasteiger partial charge >= 0.3 is 12.0 Å². The minimum Gasteiger partial charge on any atom is -0.480 e. The summed E-state index contributed by atoms with van der Waals surface area (Å²) in [6.45, 7) is 8.34. The first-order valence-corrected chi connectivity index (χ1v) is 7.16. The molecule has 20 heavy (non-hydrogen) atoms. The van der Waals surface area contributed by atoms with E-state index in [-0.39, 0.29) is 24.7 Å². The molecule has 0 atom stereocenters. The number of hydrogen-bond acceptors (Lipinski definition) is 3. The number of ether oxygens (including phenoxy) is 1. The van der Waals surface area contributed by atoms with Crippen LogP contribution < -0.4 is 0 Å². The molecule has 0 saturated carbocycles. The van der Waals surface area contributed by atoms with E-state index in [0.717, 1.165) is 12.8 Å². The SMILES string of the molecule is CCC(CC)N(CCOC)C(=O)N(CC(=O)O)C(C)C. The summed E-state index contributed by atoms with van der Waals surface area (Å²) in [6.07, 6.45) is 1.68. The molecule has 0 aliphatic rings. The Bertz CT molecular complexity index is 304. The first-order valence-electron chi connectivity index (χ1n) is 7.16. The molecule has 0 aromatic rings. The zero-order valence-electron chi connectivity index (χ0n) is 13.3. The average Bonchev–Trinajstić information content (AvgIpc) is 2.39. The maximum atomic E-state index is 12.6. The lowest BCUT2D eigenvalue weighted by Crippen LogP contribution is -2.52. The quantitative estimate of drug-likeness (QED) is 0.705. The zero-order chi connectivity index (χ0) is 15.7. The molecule has 0 fully saturated rings. The van der Waals surface area contributed by atoms with Gasteiger partial charge in [0.2, 0.25) is 0 Å². The number of aliphatic carboxylic acids is 1. The second kappa shape index (κ2) is 9.58. The predicted molar refractivity (Wildman–Crippen MR) is 77.8 cm³/mol. The fourth-order valence-electron chi connectivity index (χ4n) is 2.14. The smallest absolute Gasteiger partial charge is 0.323 e. The minimum absolute atomic E-state index is 0.104. The summed E-state index contributed by atoms with van der Waals surface area (Å²) >= 11 is 0. The Kier molecular flexibility index (Phi) is 8.96. The van der Waals surface area contributed by atoms with Crippen molar-refractivity contribution < 1.29 is 19.4 Å². The van der Waals surface area contributed by atoms with Gasteiger partial charge in [-0.3, -0.25) is 4.79 Å². The van der Waals surface area contributed by atoms with Crippen molar-refractivity contribution in [1.82, 2.24) is 9.80 Å². The van der Waals surface area contributed by atoms with Crippen LogP contribution in [0.1, 0.15) is 40.5 Å². The number of hydrogen-bond donors (Lipinski definition) is 1. The van der Waals surface area contributed by atoms with Crippen molar-refractivity contribution >= 4 is 12.0 Å². The zero-order valence-corrected chi connectivity index (χ0v) is 13.3. The lowest BCUT2D eigenvalue weighted by Gasteiger charge is -2.36. The van der Waals surface area contributed by atoms with Gasteiger partial charge in [0.1, 0.15) is 6.54 Å². The largest absolute Gasteiger partial charge is 0.480 e. The van der Waals surface area contributed by atoms with E-state index in [1.807, 2.05) is 27.7 Å². The summed E-state index contributed by atoms with van der Waals surface area (Å²) in [4.78, 5) is 26.7. The summed E-state index contributed by atoms with van der Waals surface area (Å²) in [6, 6.07) is -0.279. The van der Waals surface area contributed by atoms with Gasteiger partial charge < -0.3 is 19.6 Å². The molecule has 0 rings (SSSR count). The van der Waals surface area contributed by atoms with Gasteiger partial charge in [-0.05, 0) is 26.7 Å². The van der Waals surface area contributed by atoms with Crippen LogP contribution in [0, 0.1) is 0 Å². The molecule has 0 unspecified atom stereocenters. The number of carbonyl (C=O) groups is 2. The lowest BCUT2D eigenvalue weighted by atomic mass is 10.1. The monoisotopic (exact) mass is 288 g/mol. The minimum atomic E-state index is -0.997. The molecule has 0 heterocycles. The number of urea groups is 1. The summed E-state index contributed by atoms with van der Waals surface area (Å²) in [5, 5.41) is 8.96. The van der Waals surface area contributed by atoms with Gasteiger partial charge in [0.05, 0.1) is 6.61 Å². The van der Waals surface area contributed by atoms with Gasteiger partial charge in [-0.25, -0.2) is 4.79 Å². The fourth-order valence-corrected chi connectivity index (χ4v) is 2.14. The van der Waals surface area contributed by atoms with Gasteiger partial charge in [0.15, 0.2) is 0 Å². The molecular weight excluding hydrogens is 260 g/mol. The van der Waals surface area contributed by atoms with Gasteiger partial charge in [0, 0.05) is 25.7 Å². The molecule has 0 radical (unpaired) electrons. The highest BCUT2D eigenvalue weighted by Crippen LogP contribution is 2.13. The summed E-state index contributed by atoms with van der Waals surface area (Å²) in [5.74, 6) is -0.997. The molecule has 0 aliphatic carbocycles. The third-order valence-corrected chi connectivity index (χ3v) is 3.34. The van der Waals surface area contributed by atoms with Crippen LogP contribution in [0.3, 0.4) is 0 Å². The van der Waals surface area contributed by atoms with Crippen molar-refractivity contribution in [1.29, 1.82) is 0 Å². The van der Waals surface area contributed by atoms with E-state index < -0.39 is 5.97 Å². The fraction of sp³-hybridized carbons (Fsp3) is 0.857. The van der Waals surface area contributed by atoms with Crippen molar-refractivity contribution in [2.45, 2.75) is 52.6 Å². The molecule has 0 aromatic heterocycles. The number of carboxylic acid groups (broad SMARTS) is 1. The van der Waals surface area contributed by atoms with Crippen LogP contribution in [-0.2, 0) is 9.53 Å². The summed E-state index contributed by atoms with van der Waals surface area (Å²) in [5.41, 5.74) is 0. The van der Waals surface area contributed by atoms with E-state index in [2.05, 4.69) is 0 Å². The molecule has 118 valence electrons. The van der Waals surface area contributed by atoms with Crippen LogP contribution in [0.5, 0.6) is 0 Å². The molecule has 1 N–H and O–H groups in total. The second-order valence-corrected chi connectivity index (χ2v) is 5.05. The molecule has 6 nitrogen and oxygen atoms in total. The number of methoxy groups -OCH3 is 1. The van der Waals surface area contributed by atoms with Crippen LogP contribution >= 0.6 is 0 Å². The standard InChI is InChI=1S/C14H28N2O4/c1-6-12(7-2)15(8-9-20-5)14(19)16(11(3)4)10-13(17)18/h11-12H,6-10H2,1-5H3,(H,17,18). The molecule has 2 amide bonds. The maximum Gasteiger partial charge on any atom is 0.323 e. The topological polar surface area (TPSA) is 70.1 Å². The second-order valence-electron chi connectivity index (χ2n) is 5.05. The van der Waals surface area contributed by atoms with E-state index in [1.54, 1.807) is 12.0 Å². The number of carboxylic acids is 1. The van der Waals surface area contributed by atoms with E-state index in [0.29, 0.717) is 13.2 Å². The highest BCUT2D eigenvalue weighted by atomic mass is 16.5. The first kappa shape index (κ1) is 18.7. The van der Waals surface area contributed by atoms with Crippen LogP contribution in [0.15, 0.2) is 0 Å². The third-order valence-electron chi connectivity index (χ3n) is 3.34. The molecule has 0 saturated heterocycles. The molecule has 0 bridgehead atoms.